The van der Waals surface area contributed by atoms with Gasteiger partial charge in [0.25, 0.3) is 5.22 Å². The van der Waals surface area contributed by atoms with Crippen LogP contribution in [0.1, 0.15) is 0 Å². The second-order valence-corrected chi connectivity index (χ2v) is 6.01. The van der Waals surface area contributed by atoms with Gasteiger partial charge in [-0.25, -0.2) is 4.98 Å². The Labute approximate surface area is 114 Å². The number of nitrogens with zero attached hydrogens (tertiary/aromatic N) is 1. The molecule has 0 saturated heterocycles. The normalized spacial score (nSPS) is 10.9. The van der Waals surface area contributed by atoms with Crippen molar-refractivity contribution in [2.75, 3.05) is 5.08 Å². The predicted octanol–water partition coefficient (Wildman–Crippen LogP) is 4.67. The van der Waals surface area contributed by atoms with E-state index in [0.29, 0.717) is 0 Å². The van der Waals surface area contributed by atoms with Crippen molar-refractivity contribution >= 4 is 34.6 Å². The molecule has 4 heteroatoms. The van der Waals surface area contributed by atoms with Gasteiger partial charge in [-0.3, -0.25) is 0 Å². The maximum atomic E-state index is 5.64. The lowest BCUT2D eigenvalue weighted by Gasteiger charge is -1.97. The van der Waals surface area contributed by atoms with Gasteiger partial charge in [-0.05, 0) is 24.3 Å². The average Bonchev–Trinajstić information content (AvgIpc) is 2.82. The molecule has 0 aliphatic carbocycles. The van der Waals surface area contributed by atoms with Crippen molar-refractivity contribution in [3.05, 3.63) is 54.6 Å². The highest BCUT2D eigenvalue weighted by Crippen LogP contribution is 2.29. The molecular weight excluding hydrogens is 262 g/mol. The van der Waals surface area contributed by atoms with E-state index in [9.17, 15) is 0 Å². The number of benzene rings is 2. The van der Waals surface area contributed by atoms with Crippen LogP contribution in [0.4, 0.5) is 0 Å². The number of hydrogen-bond acceptors (Lipinski definition) is 4. The molecule has 0 radical (unpaired) electrons. The molecule has 0 spiro atoms. The van der Waals surface area contributed by atoms with Gasteiger partial charge >= 0.3 is 0 Å². The Morgan fingerprint density at radius 1 is 0.889 bits per heavy atom. The molecule has 0 fully saturated rings. The van der Waals surface area contributed by atoms with Crippen LogP contribution in [0.25, 0.3) is 11.1 Å². The molecule has 90 valence electrons. The average molecular weight is 273 g/mol. The number of rotatable bonds is 4. The first-order valence-corrected chi connectivity index (χ1v) is 7.55. The maximum absolute atomic E-state index is 5.64. The Kier molecular flexibility index (Phi) is 3.57. The number of fused-ring (bicyclic) bond motifs is 1. The fraction of sp³-hybridized carbons (Fsp3) is 0.0714. The lowest BCUT2D eigenvalue weighted by atomic mass is 10.3. The van der Waals surface area contributed by atoms with Gasteiger partial charge in [0.15, 0.2) is 5.58 Å². The van der Waals surface area contributed by atoms with Crippen LogP contribution in [0.15, 0.2) is 69.1 Å². The number of oxazole rings is 1. The van der Waals surface area contributed by atoms with Crippen LogP contribution in [0.3, 0.4) is 0 Å². The molecule has 1 aromatic heterocycles. The molecule has 0 unspecified atom stereocenters. The maximum Gasteiger partial charge on any atom is 0.257 e. The quantitative estimate of drug-likeness (QED) is 0.509. The van der Waals surface area contributed by atoms with Crippen molar-refractivity contribution in [2.45, 2.75) is 10.1 Å². The highest BCUT2D eigenvalue weighted by Gasteiger charge is 2.05. The molecule has 18 heavy (non-hydrogen) atoms. The third kappa shape index (κ3) is 2.71. The van der Waals surface area contributed by atoms with Crippen molar-refractivity contribution < 1.29 is 4.42 Å². The Balaban J connectivity index is 1.63. The van der Waals surface area contributed by atoms with Crippen molar-refractivity contribution in [3.8, 4) is 0 Å². The summed E-state index contributed by atoms with van der Waals surface area (Å²) in [6, 6.07) is 18.2. The van der Waals surface area contributed by atoms with Gasteiger partial charge in [-0.1, -0.05) is 42.1 Å². The van der Waals surface area contributed by atoms with E-state index in [0.717, 1.165) is 21.4 Å². The Morgan fingerprint density at radius 3 is 2.50 bits per heavy atom. The SMILES string of the molecule is c1ccc(SCSc2nc3ccccc3o2)cc1. The Bertz CT molecular complexity index is 603. The van der Waals surface area contributed by atoms with Gasteiger partial charge in [0.05, 0.1) is 5.08 Å². The van der Waals surface area contributed by atoms with Crippen LogP contribution in [0.5, 0.6) is 0 Å². The molecular formula is C14H11NOS2. The van der Waals surface area contributed by atoms with Gasteiger partial charge in [-0.2, -0.15) is 0 Å². The van der Waals surface area contributed by atoms with E-state index < -0.39 is 0 Å². The first kappa shape index (κ1) is 11.7. The molecule has 0 N–H and O–H groups in total. The van der Waals surface area contributed by atoms with E-state index >= 15 is 0 Å². The standard InChI is InChI=1S/C14H11NOS2/c1-2-6-11(7-3-1)17-10-18-14-15-12-8-4-5-9-13(12)16-14/h1-9H,10H2. The van der Waals surface area contributed by atoms with Crippen molar-refractivity contribution in [3.63, 3.8) is 0 Å². The van der Waals surface area contributed by atoms with Gasteiger partial charge in [0, 0.05) is 4.90 Å². The van der Waals surface area contributed by atoms with E-state index in [2.05, 4.69) is 17.1 Å². The summed E-state index contributed by atoms with van der Waals surface area (Å²) in [5.41, 5.74) is 1.77. The third-order valence-corrected chi connectivity index (χ3v) is 4.40. The van der Waals surface area contributed by atoms with Gasteiger partial charge in [0.2, 0.25) is 0 Å². The van der Waals surface area contributed by atoms with Crippen molar-refractivity contribution in [1.29, 1.82) is 0 Å². The fourth-order valence-corrected chi connectivity index (χ4v) is 3.42. The minimum Gasteiger partial charge on any atom is -0.431 e. The molecule has 3 aromatic rings. The van der Waals surface area contributed by atoms with E-state index in [1.165, 1.54) is 4.90 Å². The summed E-state index contributed by atoms with van der Waals surface area (Å²) in [6.45, 7) is 0. The molecule has 0 amide bonds. The van der Waals surface area contributed by atoms with Crippen molar-refractivity contribution in [2.24, 2.45) is 0 Å². The summed E-state index contributed by atoms with van der Waals surface area (Å²) in [5.74, 6) is 0. The smallest absolute Gasteiger partial charge is 0.257 e. The third-order valence-electron chi connectivity index (χ3n) is 2.43. The number of para-hydroxylation sites is 2. The molecule has 3 rings (SSSR count). The van der Waals surface area contributed by atoms with Crippen molar-refractivity contribution in [1.82, 2.24) is 4.98 Å². The monoisotopic (exact) mass is 273 g/mol. The second kappa shape index (κ2) is 5.50. The summed E-state index contributed by atoms with van der Waals surface area (Å²) in [6.07, 6.45) is 0. The summed E-state index contributed by atoms with van der Waals surface area (Å²) < 4.78 is 5.64. The van der Waals surface area contributed by atoms with E-state index in [-0.39, 0.29) is 0 Å². The predicted molar refractivity (Wildman–Crippen MR) is 77.0 cm³/mol. The van der Waals surface area contributed by atoms with E-state index in [4.69, 9.17) is 4.42 Å². The topological polar surface area (TPSA) is 26.0 Å². The Morgan fingerprint density at radius 2 is 1.67 bits per heavy atom. The van der Waals surface area contributed by atoms with Crippen LogP contribution < -0.4 is 0 Å². The van der Waals surface area contributed by atoms with Gasteiger partial charge in [-0.15, -0.1) is 11.8 Å². The van der Waals surface area contributed by atoms with Gasteiger partial charge < -0.3 is 4.42 Å². The number of hydrogen-bond donors (Lipinski definition) is 0. The first-order chi connectivity index (χ1) is 8.92. The van der Waals surface area contributed by atoms with E-state index in [1.807, 2.05) is 42.5 Å². The first-order valence-electron chi connectivity index (χ1n) is 5.58. The van der Waals surface area contributed by atoms with Crippen LogP contribution in [0, 0.1) is 0 Å². The highest BCUT2D eigenvalue weighted by molar-refractivity contribution is 8.15. The minimum absolute atomic E-state index is 0.736. The summed E-state index contributed by atoms with van der Waals surface area (Å²) in [4.78, 5) is 5.69. The largest absolute Gasteiger partial charge is 0.431 e. The summed E-state index contributed by atoms with van der Waals surface area (Å²) in [7, 11) is 0. The molecule has 0 saturated carbocycles. The lowest BCUT2D eigenvalue weighted by molar-refractivity contribution is 0.490. The van der Waals surface area contributed by atoms with Crippen LogP contribution in [0.2, 0.25) is 0 Å². The summed E-state index contributed by atoms with van der Waals surface area (Å²) >= 11 is 3.41. The summed E-state index contributed by atoms with van der Waals surface area (Å²) in [5, 5.41) is 1.64. The Hall–Kier alpha value is -1.39. The molecule has 1 heterocycles. The molecule has 0 atom stereocenters. The second-order valence-electron chi connectivity index (χ2n) is 3.67. The van der Waals surface area contributed by atoms with Gasteiger partial charge in [0.1, 0.15) is 5.52 Å². The fourth-order valence-electron chi connectivity index (χ4n) is 1.58. The molecule has 0 aliphatic rings. The van der Waals surface area contributed by atoms with Crippen LogP contribution in [-0.4, -0.2) is 10.1 Å². The molecule has 2 aromatic carbocycles. The number of thioether (sulfide) groups is 2. The lowest BCUT2D eigenvalue weighted by Crippen LogP contribution is -1.74. The molecule has 0 bridgehead atoms. The van der Waals surface area contributed by atoms with E-state index in [1.54, 1.807) is 23.5 Å². The van der Waals surface area contributed by atoms with Crippen LogP contribution >= 0.6 is 23.5 Å². The molecule has 0 aliphatic heterocycles. The zero-order valence-electron chi connectivity index (χ0n) is 9.58. The minimum atomic E-state index is 0.736. The zero-order chi connectivity index (χ0) is 12.2. The van der Waals surface area contributed by atoms with Crippen LogP contribution in [-0.2, 0) is 0 Å². The number of aromatic nitrogens is 1. The molecule has 2 nitrogen and oxygen atoms in total. The zero-order valence-corrected chi connectivity index (χ0v) is 11.2. The highest BCUT2D eigenvalue weighted by atomic mass is 32.2.